The van der Waals surface area contributed by atoms with Gasteiger partial charge in [-0.2, -0.15) is 0 Å². The van der Waals surface area contributed by atoms with Crippen LogP contribution in [-0.2, 0) is 4.74 Å². The third kappa shape index (κ3) is 7.97. The molecule has 2 N–H and O–H groups in total. The summed E-state index contributed by atoms with van der Waals surface area (Å²) in [6.45, 7) is 16.0. The Balaban J connectivity index is 0.00000312. The third-order valence-corrected chi connectivity index (χ3v) is 5.38. The molecular weight excluding hydrogens is 429 g/mol. The summed E-state index contributed by atoms with van der Waals surface area (Å²) >= 11 is 0. The van der Waals surface area contributed by atoms with Crippen molar-refractivity contribution in [1.82, 2.24) is 20.4 Å². The van der Waals surface area contributed by atoms with E-state index in [2.05, 4.69) is 46.2 Å². The zero-order valence-corrected chi connectivity index (χ0v) is 18.8. The van der Waals surface area contributed by atoms with Crippen molar-refractivity contribution in [2.75, 3.05) is 66.1 Å². The monoisotopic (exact) mass is 467 g/mol. The van der Waals surface area contributed by atoms with Gasteiger partial charge in [-0.15, -0.1) is 24.0 Å². The number of hydrogen-bond acceptors (Lipinski definition) is 4. The summed E-state index contributed by atoms with van der Waals surface area (Å²) in [6, 6.07) is 0. The van der Waals surface area contributed by atoms with Crippen LogP contribution in [-0.4, -0.2) is 87.4 Å². The number of hydrogen-bond donors (Lipinski definition) is 2. The minimum atomic E-state index is 0. The smallest absolute Gasteiger partial charge is 0.191 e. The fraction of sp³-hybridized carbons (Fsp3) is 0.944. The number of rotatable bonds is 6. The second-order valence-corrected chi connectivity index (χ2v) is 7.79. The van der Waals surface area contributed by atoms with Gasteiger partial charge in [-0.05, 0) is 45.7 Å². The second-order valence-electron chi connectivity index (χ2n) is 7.79. The normalized spacial score (nSPS) is 21.7. The van der Waals surface area contributed by atoms with Crippen LogP contribution in [0.15, 0.2) is 4.99 Å². The molecule has 0 amide bonds. The minimum Gasteiger partial charge on any atom is -0.379 e. The molecular formula is C18H38IN5O. The lowest BCUT2D eigenvalue weighted by atomic mass is 9.99. The first-order valence-electron chi connectivity index (χ1n) is 9.51. The Morgan fingerprint density at radius 3 is 2.36 bits per heavy atom. The van der Waals surface area contributed by atoms with Crippen molar-refractivity contribution in [2.24, 2.45) is 10.9 Å². The first-order valence-corrected chi connectivity index (χ1v) is 9.51. The molecule has 148 valence electrons. The molecule has 0 radical (unpaired) electrons. The molecule has 2 saturated heterocycles. The Labute approximate surface area is 171 Å². The molecule has 0 atom stereocenters. The zero-order chi connectivity index (χ0) is 17.4. The van der Waals surface area contributed by atoms with Gasteiger partial charge in [-0.1, -0.05) is 6.92 Å². The van der Waals surface area contributed by atoms with E-state index >= 15 is 0 Å². The predicted molar refractivity (Wildman–Crippen MR) is 116 cm³/mol. The van der Waals surface area contributed by atoms with Gasteiger partial charge >= 0.3 is 0 Å². The van der Waals surface area contributed by atoms with E-state index in [1.807, 2.05) is 7.05 Å². The van der Waals surface area contributed by atoms with Crippen LogP contribution in [0.2, 0.25) is 0 Å². The summed E-state index contributed by atoms with van der Waals surface area (Å²) in [5.41, 5.74) is 0.102. The number of nitrogens with zero attached hydrogens (tertiary/aromatic N) is 3. The maximum absolute atomic E-state index is 5.46. The number of aliphatic imine (C=N–C) groups is 1. The fourth-order valence-electron chi connectivity index (χ4n) is 3.42. The fourth-order valence-corrected chi connectivity index (χ4v) is 3.42. The highest BCUT2D eigenvalue weighted by molar-refractivity contribution is 14.0. The van der Waals surface area contributed by atoms with Crippen LogP contribution < -0.4 is 10.6 Å². The molecule has 0 unspecified atom stereocenters. The van der Waals surface area contributed by atoms with E-state index in [-0.39, 0.29) is 29.5 Å². The lowest BCUT2D eigenvalue weighted by Crippen LogP contribution is -2.56. The highest BCUT2D eigenvalue weighted by Gasteiger charge is 2.28. The third-order valence-electron chi connectivity index (χ3n) is 5.38. The van der Waals surface area contributed by atoms with Crippen molar-refractivity contribution < 1.29 is 4.74 Å². The van der Waals surface area contributed by atoms with Gasteiger partial charge in [0.2, 0.25) is 0 Å². The van der Waals surface area contributed by atoms with E-state index in [1.165, 1.54) is 25.9 Å². The van der Waals surface area contributed by atoms with Crippen LogP contribution in [0.1, 0.15) is 33.6 Å². The molecule has 0 spiro atoms. The Hall–Kier alpha value is -0.120. The molecule has 2 rings (SSSR count). The molecule has 2 fully saturated rings. The average Bonchev–Trinajstić information content (AvgIpc) is 2.60. The number of ether oxygens (including phenoxy) is 1. The molecule has 0 aromatic rings. The average molecular weight is 467 g/mol. The summed E-state index contributed by atoms with van der Waals surface area (Å²) in [5, 5.41) is 6.95. The van der Waals surface area contributed by atoms with Gasteiger partial charge in [0.25, 0.3) is 0 Å². The van der Waals surface area contributed by atoms with Crippen LogP contribution in [0.5, 0.6) is 0 Å². The van der Waals surface area contributed by atoms with Crippen LogP contribution in [0.4, 0.5) is 0 Å². The number of piperidine rings is 1. The molecule has 0 aromatic heterocycles. The minimum absolute atomic E-state index is 0. The SMILES string of the molecule is CN=C(NCCN1CCC(C)CC1)NCC(C)(C)N1CCOCC1.I. The van der Waals surface area contributed by atoms with Crippen molar-refractivity contribution in [2.45, 2.75) is 39.2 Å². The van der Waals surface area contributed by atoms with Gasteiger partial charge < -0.3 is 20.3 Å². The number of morpholine rings is 1. The van der Waals surface area contributed by atoms with Gasteiger partial charge in [0.05, 0.1) is 13.2 Å². The molecule has 6 nitrogen and oxygen atoms in total. The molecule has 0 bridgehead atoms. The lowest BCUT2D eigenvalue weighted by Gasteiger charge is -2.41. The lowest BCUT2D eigenvalue weighted by molar-refractivity contribution is -0.00834. The highest BCUT2D eigenvalue weighted by Crippen LogP contribution is 2.16. The van der Waals surface area contributed by atoms with Crippen molar-refractivity contribution in [1.29, 1.82) is 0 Å². The first-order chi connectivity index (χ1) is 11.5. The molecule has 0 saturated carbocycles. The maximum Gasteiger partial charge on any atom is 0.191 e. The molecule has 2 heterocycles. The van der Waals surface area contributed by atoms with E-state index in [0.29, 0.717) is 0 Å². The van der Waals surface area contributed by atoms with Crippen LogP contribution in [0.3, 0.4) is 0 Å². The summed E-state index contributed by atoms with van der Waals surface area (Å²) in [7, 11) is 1.85. The molecule has 0 aliphatic carbocycles. The summed E-state index contributed by atoms with van der Waals surface area (Å²) < 4.78 is 5.46. The Bertz CT molecular complexity index is 391. The maximum atomic E-state index is 5.46. The molecule has 2 aliphatic heterocycles. The largest absolute Gasteiger partial charge is 0.379 e. The van der Waals surface area contributed by atoms with Crippen molar-refractivity contribution in [3.63, 3.8) is 0 Å². The van der Waals surface area contributed by atoms with Gasteiger partial charge in [0.1, 0.15) is 0 Å². The van der Waals surface area contributed by atoms with E-state index < -0.39 is 0 Å². The van der Waals surface area contributed by atoms with Gasteiger partial charge in [-0.3, -0.25) is 9.89 Å². The second kappa shape index (κ2) is 11.6. The Morgan fingerprint density at radius 1 is 1.12 bits per heavy atom. The number of likely N-dealkylation sites (tertiary alicyclic amines) is 1. The van der Waals surface area contributed by atoms with Crippen molar-refractivity contribution in [3.05, 3.63) is 0 Å². The summed E-state index contributed by atoms with van der Waals surface area (Å²) in [6.07, 6.45) is 2.67. The van der Waals surface area contributed by atoms with Crippen LogP contribution in [0, 0.1) is 5.92 Å². The van der Waals surface area contributed by atoms with Gasteiger partial charge in [0, 0.05) is 45.3 Å². The van der Waals surface area contributed by atoms with E-state index in [9.17, 15) is 0 Å². The molecule has 7 heteroatoms. The van der Waals surface area contributed by atoms with Crippen molar-refractivity contribution in [3.8, 4) is 0 Å². The first kappa shape index (κ1) is 22.9. The zero-order valence-electron chi connectivity index (χ0n) is 16.5. The molecule has 0 aromatic carbocycles. The van der Waals surface area contributed by atoms with E-state index in [1.54, 1.807) is 0 Å². The predicted octanol–water partition coefficient (Wildman–Crippen LogP) is 1.61. The van der Waals surface area contributed by atoms with E-state index in [0.717, 1.165) is 57.8 Å². The molecule has 2 aliphatic rings. The Morgan fingerprint density at radius 2 is 1.76 bits per heavy atom. The number of guanidine groups is 1. The molecule has 25 heavy (non-hydrogen) atoms. The van der Waals surface area contributed by atoms with Crippen LogP contribution in [0.25, 0.3) is 0 Å². The topological polar surface area (TPSA) is 52.1 Å². The quantitative estimate of drug-likeness (QED) is 0.353. The summed E-state index contributed by atoms with van der Waals surface area (Å²) in [4.78, 5) is 9.41. The number of nitrogens with one attached hydrogen (secondary N) is 2. The highest BCUT2D eigenvalue weighted by atomic mass is 127. The van der Waals surface area contributed by atoms with Gasteiger partial charge in [0.15, 0.2) is 5.96 Å². The van der Waals surface area contributed by atoms with Gasteiger partial charge in [-0.25, -0.2) is 0 Å². The number of halogens is 1. The Kier molecular flexibility index (Phi) is 10.6. The standard InChI is InChI=1S/C18H37N5O.HI/c1-16-5-8-22(9-6-16)10-7-20-17(19-4)21-15-18(2,3)23-11-13-24-14-12-23;/h16H,5-15H2,1-4H3,(H2,19,20,21);1H. The van der Waals surface area contributed by atoms with Crippen LogP contribution >= 0.6 is 24.0 Å². The van der Waals surface area contributed by atoms with Crippen molar-refractivity contribution >= 4 is 29.9 Å². The van der Waals surface area contributed by atoms with E-state index in [4.69, 9.17) is 4.74 Å². The summed E-state index contributed by atoms with van der Waals surface area (Å²) in [5.74, 6) is 1.80.